The molecule has 3 nitrogen and oxygen atoms in total. The molecule has 3 rings (SSSR count). The molecule has 0 bridgehead atoms. The van der Waals surface area contributed by atoms with Gasteiger partial charge in [-0.25, -0.2) is 0 Å². The first-order chi connectivity index (χ1) is 9.33. The van der Waals surface area contributed by atoms with Crippen molar-refractivity contribution in [3.05, 3.63) is 57.7 Å². The number of nitrogens with zero attached hydrogens (tertiary/aromatic N) is 2. The molecule has 0 aliphatic heterocycles. The van der Waals surface area contributed by atoms with Gasteiger partial charge in [0.15, 0.2) is 5.78 Å². The maximum atomic E-state index is 12.0. The van der Waals surface area contributed by atoms with Crippen molar-refractivity contribution in [2.75, 3.05) is 0 Å². The molecule has 0 spiro atoms. The van der Waals surface area contributed by atoms with Crippen LogP contribution >= 0.6 is 22.7 Å². The molecule has 19 heavy (non-hydrogen) atoms. The second-order valence-corrected chi connectivity index (χ2v) is 5.95. The highest BCUT2D eigenvalue weighted by molar-refractivity contribution is 7.15. The lowest BCUT2D eigenvalue weighted by molar-refractivity contribution is 0.0996. The van der Waals surface area contributed by atoms with Crippen molar-refractivity contribution >= 4 is 28.5 Å². The van der Waals surface area contributed by atoms with Gasteiger partial charge in [-0.2, -0.15) is 0 Å². The normalized spacial score (nSPS) is 10.5. The number of ketones is 1. The maximum Gasteiger partial charge on any atom is 0.179 e. The average Bonchev–Trinajstić information content (AvgIpc) is 3.11. The zero-order valence-electron chi connectivity index (χ0n) is 9.95. The topological polar surface area (TPSA) is 42.9 Å². The Morgan fingerprint density at radius 1 is 1.05 bits per heavy atom. The predicted molar refractivity (Wildman–Crippen MR) is 77.7 cm³/mol. The van der Waals surface area contributed by atoms with Crippen LogP contribution in [-0.4, -0.2) is 16.0 Å². The summed E-state index contributed by atoms with van der Waals surface area (Å²) >= 11 is 2.93. The van der Waals surface area contributed by atoms with Gasteiger partial charge >= 0.3 is 0 Å². The summed E-state index contributed by atoms with van der Waals surface area (Å²) in [5.74, 6) is 0.103. The van der Waals surface area contributed by atoms with Crippen LogP contribution in [0, 0.1) is 0 Å². The lowest BCUT2D eigenvalue weighted by Gasteiger charge is -1.93. The SMILES string of the molecule is O=C(Cc1nnc(-c2ccccc2)s1)c1cccs1. The zero-order chi connectivity index (χ0) is 13.1. The summed E-state index contributed by atoms with van der Waals surface area (Å²) in [7, 11) is 0. The van der Waals surface area contributed by atoms with Gasteiger partial charge in [0.05, 0.1) is 11.3 Å². The average molecular weight is 286 g/mol. The predicted octanol–water partition coefficient (Wildman–Crippen LogP) is 3.69. The van der Waals surface area contributed by atoms with E-state index in [0.29, 0.717) is 6.42 Å². The van der Waals surface area contributed by atoms with Crippen molar-refractivity contribution in [3.63, 3.8) is 0 Å². The molecule has 0 saturated carbocycles. The van der Waals surface area contributed by atoms with Crippen LogP contribution in [0.3, 0.4) is 0 Å². The van der Waals surface area contributed by atoms with Crippen LogP contribution in [0.2, 0.25) is 0 Å². The van der Waals surface area contributed by atoms with Crippen LogP contribution in [0.4, 0.5) is 0 Å². The third-order valence-electron chi connectivity index (χ3n) is 2.60. The number of Topliss-reactive ketones (excluding diaryl/α,β-unsaturated/α-hetero) is 1. The van der Waals surface area contributed by atoms with E-state index < -0.39 is 0 Å². The third kappa shape index (κ3) is 2.77. The Balaban J connectivity index is 1.77. The van der Waals surface area contributed by atoms with Gasteiger partial charge in [0.1, 0.15) is 10.0 Å². The van der Waals surface area contributed by atoms with Crippen LogP contribution in [0.5, 0.6) is 0 Å². The van der Waals surface area contributed by atoms with Crippen LogP contribution in [0.25, 0.3) is 10.6 Å². The number of thiophene rings is 1. The molecule has 2 heterocycles. The van der Waals surface area contributed by atoms with Crippen LogP contribution < -0.4 is 0 Å². The summed E-state index contributed by atoms with van der Waals surface area (Å²) < 4.78 is 0. The van der Waals surface area contributed by atoms with E-state index in [9.17, 15) is 4.79 Å². The molecule has 1 aromatic carbocycles. The summed E-state index contributed by atoms with van der Waals surface area (Å²) in [6.07, 6.45) is 0.324. The number of rotatable bonds is 4. The van der Waals surface area contributed by atoms with E-state index in [4.69, 9.17) is 0 Å². The summed E-state index contributed by atoms with van der Waals surface area (Å²) in [6, 6.07) is 13.6. The Kier molecular flexibility index (Phi) is 3.48. The molecule has 0 amide bonds. The fourth-order valence-corrected chi connectivity index (χ4v) is 3.19. The molecule has 5 heteroatoms. The van der Waals surface area contributed by atoms with Gasteiger partial charge in [-0.15, -0.1) is 21.5 Å². The number of hydrogen-bond acceptors (Lipinski definition) is 5. The molecule has 94 valence electrons. The van der Waals surface area contributed by atoms with E-state index in [2.05, 4.69) is 10.2 Å². The van der Waals surface area contributed by atoms with Gasteiger partial charge in [0, 0.05) is 5.56 Å². The second kappa shape index (κ2) is 5.42. The minimum Gasteiger partial charge on any atom is -0.293 e. The summed E-state index contributed by atoms with van der Waals surface area (Å²) in [5, 5.41) is 11.8. The highest BCUT2D eigenvalue weighted by atomic mass is 32.1. The van der Waals surface area contributed by atoms with Gasteiger partial charge in [-0.05, 0) is 11.4 Å². The summed E-state index contributed by atoms with van der Waals surface area (Å²) in [5.41, 5.74) is 1.04. The minimum absolute atomic E-state index is 0.103. The van der Waals surface area contributed by atoms with Crippen molar-refractivity contribution in [1.29, 1.82) is 0 Å². The minimum atomic E-state index is 0.103. The van der Waals surface area contributed by atoms with E-state index in [1.807, 2.05) is 47.8 Å². The fraction of sp³-hybridized carbons (Fsp3) is 0.0714. The van der Waals surface area contributed by atoms with Gasteiger partial charge < -0.3 is 0 Å². The Morgan fingerprint density at radius 3 is 2.63 bits per heavy atom. The van der Waals surface area contributed by atoms with Crippen LogP contribution in [0.15, 0.2) is 47.8 Å². The Hall–Kier alpha value is -1.85. The monoisotopic (exact) mass is 286 g/mol. The molecule has 2 aromatic heterocycles. The first-order valence-electron chi connectivity index (χ1n) is 5.77. The standard InChI is InChI=1S/C14H10N2OS2/c17-11(12-7-4-8-18-12)9-13-15-16-14(19-13)10-5-2-1-3-6-10/h1-8H,9H2. The van der Waals surface area contributed by atoms with Crippen molar-refractivity contribution in [2.45, 2.75) is 6.42 Å². The number of hydrogen-bond donors (Lipinski definition) is 0. The zero-order valence-corrected chi connectivity index (χ0v) is 11.6. The van der Waals surface area contributed by atoms with Crippen molar-refractivity contribution < 1.29 is 4.79 Å². The van der Waals surface area contributed by atoms with Gasteiger partial charge in [0.2, 0.25) is 0 Å². The van der Waals surface area contributed by atoms with Crippen molar-refractivity contribution in [2.24, 2.45) is 0 Å². The Morgan fingerprint density at radius 2 is 1.89 bits per heavy atom. The summed E-state index contributed by atoms with van der Waals surface area (Å²) in [6.45, 7) is 0. The van der Waals surface area contributed by atoms with E-state index in [1.165, 1.54) is 22.7 Å². The molecule has 0 fully saturated rings. The van der Waals surface area contributed by atoms with Crippen molar-refractivity contribution in [3.8, 4) is 10.6 Å². The molecule has 0 aliphatic rings. The number of aromatic nitrogens is 2. The highest BCUT2D eigenvalue weighted by Gasteiger charge is 2.12. The van der Waals surface area contributed by atoms with E-state index in [1.54, 1.807) is 0 Å². The van der Waals surface area contributed by atoms with Crippen LogP contribution in [-0.2, 0) is 6.42 Å². The molecular formula is C14H10N2OS2. The fourth-order valence-electron chi connectivity index (χ4n) is 1.68. The lowest BCUT2D eigenvalue weighted by Crippen LogP contribution is -2.00. The molecule has 3 aromatic rings. The molecule has 0 N–H and O–H groups in total. The molecule has 0 unspecified atom stereocenters. The maximum absolute atomic E-state index is 12.0. The Bertz CT molecular complexity index is 675. The number of benzene rings is 1. The quantitative estimate of drug-likeness (QED) is 0.687. The smallest absolute Gasteiger partial charge is 0.179 e. The molecule has 0 radical (unpaired) electrons. The van der Waals surface area contributed by atoms with Gasteiger partial charge in [-0.1, -0.05) is 47.7 Å². The van der Waals surface area contributed by atoms with E-state index >= 15 is 0 Å². The van der Waals surface area contributed by atoms with E-state index in [0.717, 1.165) is 20.5 Å². The first kappa shape index (κ1) is 12.2. The Labute approximate surface area is 118 Å². The largest absolute Gasteiger partial charge is 0.293 e. The molecule has 0 aliphatic carbocycles. The number of carbonyl (C=O) groups excluding carboxylic acids is 1. The summed E-state index contributed by atoms with van der Waals surface area (Å²) in [4.78, 5) is 12.7. The molecule has 0 atom stereocenters. The third-order valence-corrected chi connectivity index (χ3v) is 4.48. The number of carbonyl (C=O) groups is 1. The first-order valence-corrected chi connectivity index (χ1v) is 7.47. The van der Waals surface area contributed by atoms with E-state index in [-0.39, 0.29) is 5.78 Å². The molecule has 0 saturated heterocycles. The lowest BCUT2D eigenvalue weighted by atomic mass is 10.2. The molecular weight excluding hydrogens is 276 g/mol. The van der Waals surface area contributed by atoms with Gasteiger partial charge in [-0.3, -0.25) is 4.79 Å². The highest BCUT2D eigenvalue weighted by Crippen LogP contribution is 2.24. The van der Waals surface area contributed by atoms with Gasteiger partial charge in [0.25, 0.3) is 0 Å². The van der Waals surface area contributed by atoms with Crippen LogP contribution in [0.1, 0.15) is 14.7 Å². The second-order valence-electron chi connectivity index (χ2n) is 3.94. The van der Waals surface area contributed by atoms with Crippen molar-refractivity contribution in [1.82, 2.24) is 10.2 Å².